The number of hydrogen-bond donors (Lipinski definition) is 2. The molecular weight excluding hydrogens is 345 g/mol. The van der Waals surface area contributed by atoms with E-state index in [1.54, 1.807) is 19.9 Å². The summed E-state index contributed by atoms with van der Waals surface area (Å²) in [6.45, 7) is 5.20. The van der Waals surface area contributed by atoms with E-state index >= 15 is 0 Å². The maximum Gasteiger partial charge on any atom is 0.308 e. The maximum absolute atomic E-state index is 12.0. The molecule has 1 amide bonds. The number of carboxylic acids is 1. The van der Waals surface area contributed by atoms with Crippen LogP contribution in [0, 0.1) is 16.4 Å². The number of carboxylic acid groups (broad SMARTS) is 1. The van der Waals surface area contributed by atoms with Crippen LogP contribution in [0.15, 0.2) is 18.2 Å². The zero-order chi connectivity index (χ0) is 13.9. The van der Waals surface area contributed by atoms with Crippen molar-refractivity contribution in [3.8, 4) is 0 Å². The molecule has 0 spiro atoms. The standard InChI is InChI=1S/C13H16INO3/c1-7-5-4-6-10(11(7)14)12(16)15-9(3)8(2)13(17)18/h4-6,8-9H,1-3H3,(H,15,16)(H,17,18). The van der Waals surface area contributed by atoms with Crippen LogP contribution in [-0.4, -0.2) is 23.0 Å². The molecule has 2 N–H and O–H groups in total. The van der Waals surface area contributed by atoms with Crippen LogP contribution >= 0.6 is 22.6 Å². The number of aryl methyl sites for hydroxylation is 1. The van der Waals surface area contributed by atoms with E-state index in [1.807, 2.05) is 19.1 Å². The van der Waals surface area contributed by atoms with Crippen LogP contribution in [0.1, 0.15) is 29.8 Å². The summed E-state index contributed by atoms with van der Waals surface area (Å²) in [6.07, 6.45) is 0. The van der Waals surface area contributed by atoms with Gasteiger partial charge in [-0.3, -0.25) is 9.59 Å². The first-order chi connectivity index (χ1) is 8.34. The van der Waals surface area contributed by atoms with E-state index in [1.165, 1.54) is 0 Å². The molecule has 0 bridgehead atoms. The minimum absolute atomic E-state index is 0.233. The minimum atomic E-state index is -0.915. The van der Waals surface area contributed by atoms with Crippen molar-refractivity contribution >= 4 is 34.5 Å². The number of carbonyl (C=O) groups is 2. The number of halogens is 1. The highest BCUT2D eigenvalue weighted by Crippen LogP contribution is 2.17. The second-order valence-corrected chi connectivity index (χ2v) is 5.40. The van der Waals surface area contributed by atoms with Gasteiger partial charge in [-0.05, 0) is 55.0 Å². The molecule has 0 aliphatic rings. The third-order valence-corrected chi connectivity index (χ3v) is 4.37. The van der Waals surface area contributed by atoms with Crippen molar-refractivity contribution in [2.75, 3.05) is 0 Å². The zero-order valence-corrected chi connectivity index (χ0v) is 12.7. The van der Waals surface area contributed by atoms with Crippen LogP contribution in [0.2, 0.25) is 0 Å². The van der Waals surface area contributed by atoms with Crippen molar-refractivity contribution < 1.29 is 14.7 Å². The predicted molar refractivity (Wildman–Crippen MR) is 77.6 cm³/mol. The van der Waals surface area contributed by atoms with E-state index in [4.69, 9.17) is 5.11 Å². The van der Waals surface area contributed by atoms with Crippen LogP contribution in [0.25, 0.3) is 0 Å². The van der Waals surface area contributed by atoms with Gasteiger partial charge in [0.2, 0.25) is 0 Å². The topological polar surface area (TPSA) is 66.4 Å². The number of aliphatic carboxylic acids is 1. The van der Waals surface area contributed by atoms with Gasteiger partial charge >= 0.3 is 5.97 Å². The first-order valence-electron chi connectivity index (χ1n) is 5.63. The molecule has 0 saturated carbocycles. The Bertz CT molecular complexity index is 473. The second-order valence-electron chi connectivity index (χ2n) is 4.33. The average Bonchev–Trinajstić information content (AvgIpc) is 2.31. The molecular formula is C13H16INO3. The summed E-state index contributed by atoms with van der Waals surface area (Å²) in [5.74, 6) is -1.76. The van der Waals surface area contributed by atoms with Gasteiger partial charge in [-0.1, -0.05) is 12.1 Å². The fraction of sp³-hybridized carbons (Fsp3) is 0.385. The van der Waals surface area contributed by atoms with Gasteiger partial charge in [-0.15, -0.1) is 0 Å². The van der Waals surface area contributed by atoms with Crippen molar-refractivity contribution in [3.05, 3.63) is 32.9 Å². The Morgan fingerprint density at radius 2 is 1.94 bits per heavy atom. The first kappa shape index (κ1) is 14.9. The lowest BCUT2D eigenvalue weighted by molar-refractivity contribution is -0.141. The number of nitrogens with one attached hydrogen (secondary N) is 1. The fourth-order valence-electron chi connectivity index (χ4n) is 1.45. The molecule has 2 unspecified atom stereocenters. The highest BCUT2D eigenvalue weighted by Gasteiger charge is 2.22. The molecule has 5 heteroatoms. The van der Waals surface area contributed by atoms with Crippen LogP contribution in [-0.2, 0) is 4.79 Å². The molecule has 18 heavy (non-hydrogen) atoms. The van der Waals surface area contributed by atoms with E-state index in [9.17, 15) is 9.59 Å². The van der Waals surface area contributed by atoms with Crippen molar-refractivity contribution in [1.29, 1.82) is 0 Å². The summed E-state index contributed by atoms with van der Waals surface area (Å²) in [5, 5.41) is 11.6. The largest absolute Gasteiger partial charge is 0.481 e. The molecule has 0 saturated heterocycles. The fourth-order valence-corrected chi connectivity index (χ4v) is 2.05. The second kappa shape index (κ2) is 6.17. The number of benzene rings is 1. The number of hydrogen-bond acceptors (Lipinski definition) is 2. The highest BCUT2D eigenvalue weighted by molar-refractivity contribution is 14.1. The van der Waals surface area contributed by atoms with E-state index in [2.05, 4.69) is 27.9 Å². The molecule has 0 heterocycles. The Kier molecular flexibility index (Phi) is 5.13. The molecule has 0 fully saturated rings. The maximum atomic E-state index is 12.0. The predicted octanol–water partition coefficient (Wildman–Crippen LogP) is 2.44. The summed E-state index contributed by atoms with van der Waals surface area (Å²) in [4.78, 5) is 22.9. The Labute approximate surface area is 120 Å². The lowest BCUT2D eigenvalue weighted by Crippen LogP contribution is -2.40. The smallest absolute Gasteiger partial charge is 0.308 e. The van der Waals surface area contributed by atoms with E-state index in [0.29, 0.717) is 5.56 Å². The molecule has 0 radical (unpaired) electrons. The van der Waals surface area contributed by atoms with Crippen molar-refractivity contribution in [3.63, 3.8) is 0 Å². The van der Waals surface area contributed by atoms with E-state index in [-0.39, 0.29) is 5.91 Å². The van der Waals surface area contributed by atoms with Gasteiger partial charge in [0.25, 0.3) is 5.91 Å². The summed E-state index contributed by atoms with van der Waals surface area (Å²) >= 11 is 2.12. The highest BCUT2D eigenvalue weighted by atomic mass is 127. The van der Waals surface area contributed by atoms with E-state index in [0.717, 1.165) is 9.13 Å². The molecule has 1 rings (SSSR count). The van der Waals surface area contributed by atoms with Crippen molar-refractivity contribution in [2.45, 2.75) is 26.8 Å². The summed E-state index contributed by atoms with van der Waals surface area (Å²) in [6, 6.07) is 5.08. The summed E-state index contributed by atoms with van der Waals surface area (Å²) in [7, 11) is 0. The zero-order valence-electron chi connectivity index (χ0n) is 10.5. The monoisotopic (exact) mass is 361 g/mol. The van der Waals surface area contributed by atoms with Crippen LogP contribution in [0.4, 0.5) is 0 Å². The Balaban J connectivity index is 2.83. The quantitative estimate of drug-likeness (QED) is 0.810. The lowest BCUT2D eigenvalue weighted by atomic mass is 10.0. The molecule has 2 atom stereocenters. The molecule has 1 aromatic rings. The Morgan fingerprint density at radius 3 is 2.50 bits per heavy atom. The van der Waals surface area contributed by atoms with Gasteiger partial charge in [0.15, 0.2) is 0 Å². The van der Waals surface area contributed by atoms with Crippen molar-refractivity contribution in [1.82, 2.24) is 5.32 Å². The van der Waals surface area contributed by atoms with Crippen molar-refractivity contribution in [2.24, 2.45) is 5.92 Å². The normalized spacial score (nSPS) is 13.8. The van der Waals surface area contributed by atoms with E-state index < -0.39 is 17.9 Å². The minimum Gasteiger partial charge on any atom is -0.481 e. The Hall–Kier alpha value is -1.11. The third kappa shape index (κ3) is 3.44. The average molecular weight is 361 g/mol. The molecule has 4 nitrogen and oxygen atoms in total. The lowest BCUT2D eigenvalue weighted by Gasteiger charge is -2.18. The van der Waals surface area contributed by atoms with Gasteiger partial charge in [0.1, 0.15) is 0 Å². The number of amides is 1. The molecule has 98 valence electrons. The van der Waals surface area contributed by atoms with Crippen LogP contribution < -0.4 is 5.32 Å². The molecule has 0 aliphatic carbocycles. The van der Waals surface area contributed by atoms with Gasteiger partial charge in [-0.25, -0.2) is 0 Å². The molecule has 1 aromatic carbocycles. The SMILES string of the molecule is Cc1cccc(C(=O)NC(C)C(C)C(=O)O)c1I. The Morgan fingerprint density at radius 1 is 1.33 bits per heavy atom. The van der Waals surface area contributed by atoms with Gasteiger partial charge < -0.3 is 10.4 Å². The first-order valence-corrected chi connectivity index (χ1v) is 6.71. The van der Waals surface area contributed by atoms with Gasteiger partial charge in [-0.2, -0.15) is 0 Å². The molecule has 0 aromatic heterocycles. The van der Waals surface area contributed by atoms with Crippen LogP contribution in [0.5, 0.6) is 0 Å². The third-order valence-electron chi connectivity index (χ3n) is 2.93. The van der Waals surface area contributed by atoms with Gasteiger partial charge in [0, 0.05) is 9.61 Å². The number of carbonyl (C=O) groups excluding carboxylic acids is 1. The van der Waals surface area contributed by atoms with Crippen LogP contribution in [0.3, 0.4) is 0 Å². The molecule has 0 aliphatic heterocycles. The summed E-state index contributed by atoms with van der Waals surface area (Å²) < 4.78 is 0.891. The van der Waals surface area contributed by atoms with Gasteiger partial charge in [0.05, 0.1) is 11.5 Å². The summed E-state index contributed by atoms with van der Waals surface area (Å²) in [5.41, 5.74) is 1.61. The number of rotatable bonds is 4.